The molecule has 0 unspecified atom stereocenters. The van der Waals surface area contributed by atoms with Crippen LogP contribution in [0.25, 0.3) is 16.9 Å². The zero-order chi connectivity index (χ0) is 14.7. The number of hydrogen-bond donors (Lipinski definition) is 0. The minimum Gasteiger partial charge on any atom is -0.465 e. The van der Waals surface area contributed by atoms with Crippen LogP contribution in [0.2, 0.25) is 0 Å². The molecule has 0 amide bonds. The van der Waals surface area contributed by atoms with Crippen LogP contribution >= 0.6 is 0 Å². The number of ether oxygens (including phenoxy) is 1. The van der Waals surface area contributed by atoms with E-state index in [1.54, 1.807) is 6.07 Å². The third-order valence-electron chi connectivity index (χ3n) is 3.36. The Hall–Kier alpha value is -2.81. The fraction of sp³-hybridized carbons (Fsp3) is 0.0556. The van der Waals surface area contributed by atoms with Crippen LogP contribution in [-0.4, -0.2) is 17.6 Å². The summed E-state index contributed by atoms with van der Waals surface area (Å²) >= 11 is 0. The van der Waals surface area contributed by atoms with E-state index in [0.29, 0.717) is 5.56 Å². The third kappa shape index (κ3) is 2.58. The summed E-state index contributed by atoms with van der Waals surface area (Å²) in [6.45, 7) is 0. The smallest absolute Gasteiger partial charge is 0.337 e. The number of esters is 1. The van der Waals surface area contributed by atoms with Gasteiger partial charge in [-0.25, -0.2) is 4.79 Å². The fourth-order valence-corrected chi connectivity index (χ4v) is 2.35. The first-order valence-corrected chi connectivity index (χ1v) is 6.71. The SMILES string of the molecule is COC(=O)c1cccc(-c2cccn2-c2ccccc2)c1. The summed E-state index contributed by atoms with van der Waals surface area (Å²) in [5, 5.41) is 0. The van der Waals surface area contributed by atoms with E-state index in [9.17, 15) is 4.79 Å². The number of rotatable bonds is 3. The van der Waals surface area contributed by atoms with E-state index < -0.39 is 0 Å². The second-order valence-electron chi connectivity index (χ2n) is 4.67. The highest BCUT2D eigenvalue weighted by atomic mass is 16.5. The minimum atomic E-state index is -0.324. The number of para-hydroxylation sites is 1. The molecule has 1 aromatic heterocycles. The van der Waals surface area contributed by atoms with Crippen molar-refractivity contribution < 1.29 is 9.53 Å². The van der Waals surface area contributed by atoms with Crippen LogP contribution in [0.4, 0.5) is 0 Å². The van der Waals surface area contributed by atoms with E-state index in [-0.39, 0.29) is 5.97 Å². The molecule has 0 saturated carbocycles. The average molecular weight is 277 g/mol. The van der Waals surface area contributed by atoms with Crippen LogP contribution in [0.3, 0.4) is 0 Å². The molecule has 0 fully saturated rings. The van der Waals surface area contributed by atoms with Crippen LogP contribution in [-0.2, 0) is 4.74 Å². The highest BCUT2D eigenvalue weighted by molar-refractivity contribution is 5.90. The van der Waals surface area contributed by atoms with Crippen LogP contribution in [0.15, 0.2) is 72.9 Å². The van der Waals surface area contributed by atoms with Crippen molar-refractivity contribution in [2.45, 2.75) is 0 Å². The molecule has 0 aliphatic heterocycles. The Morgan fingerprint density at radius 3 is 2.52 bits per heavy atom. The molecule has 3 nitrogen and oxygen atoms in total. The Labute approximate surface area is 123 Å². The van der Waals surface area contributed by atoms with Crippen LogP contribution in [0, 0.1) is 0 Å². The lowest BCUT2D eigenvalue weighted by atomic mass is 10.1. The molecule has 0 radical (unpaired) electrons. The summed E-state index contributed by atoms with van der Waals surface area (Å²) < 4.78 is 6.87. The van der Waals surface area contributed by atoms with Crippen molar-refractivity contribution in [1.82, 2.24) is 4.57 Å². The molecule has 0 N–H and O–H groups in total. The zero-order valence-corrected chi connectivity index (χ0v) is 11.7. The first-order chi connectivity index (χ1) is 10.3. The molecule has 3 aromatic rings. The van der Waals surface area contributed by atoms with Gasteiger partial charge in [-0.2, -0.15) is 0 Å². The molecule has 0 spiro atoms. The van der Waals surface area contributed by atoms with Crippen molar-refractivity contribution in [2.24, 2.45) is 0 Å². The standard InChI is InChI=1S/C18H15NO2/c1-21-18(20)15-8-5-7-14(13-15)17-11-6-12-19(17)16-9-3-2-4-10-16/h2-13H,1H3. The van der Waals surface area contributed by atoms with E-state index >= 15 is 0 Å². The normalized spacial score (nSPS) is 10.3. The van der Waals surface area contributed by atoms with Gasteiger partial charge in [0.15, 0.2) is 0 Å². The number of benzene rings is 2. The number of carbonyl (C=O) groups is 1. The number of aromatic nitrogens is 1. The Morgan fingerprint density at radius 1 is 0.952 bits per heavy atom. The quantitative estimate of drug-likeness (QED) is 0.679. The molecule has 21 heavy (non-hydrogen) atoms. The number of nitrogens with zero attached hydrogens (tertiary/aromatic N) is 1. The Morgan fingerprint density at radius 2 is 1.76 bits per heavy atom. The molecule has 0 atom stereocenters. The van der Waals surface area contributed by atoms with Crippen molar-refractivity contribution in [1.29, 1.82) is 0 Å². The first kappa shape index (κ1) is 13.2. The van der Waals surface area contributed by atoms with Gasteiger partial charge in [-0.3, -0.25) is 0 Å². The maximum absolute atomic E-state index is 11.7. The van der Waals surface area contributed by atoms with Crippen molar-refractivity contribution in [3.63, 3.8) is 0 Å². The highest BCUT2D eigenvalue weighted by Crippen LogP contribution is 2.24. The van der Waals surface area contributed by atoms with E-state index in [4.69, 9.17) is 4.74 Å². The molecular formula is C18H15NO2. The van der Waals surface area contributed by atoms with Crippen molar-refractivity contribution in [3.05, 3.63) is 78.5 Å². The van der Waals surface area contributed by atoms with Crippen molar-refractivity contribution in [3.8, 4) is 16.9 Å². The summed E-state index contributed by atoms with van der Waals surface area (Å²) in [6, 6.07) is 21.6. The lowest BCUT2D eigenvalue weighted by Crippen LogP contribution is -2.01. The monoisotopic (exact) mass is 277 g/mol. The molecule has 2 aromatic carbocycles. The van der Waals surface area contributed by atoms with Crippen LogP contribution in [0.1, 0.15) is 10.4 Å². The van der Waals surface area contributed by atoms with Gasteiger partial charge in [0, 0.05) is 11.9 Å². The lowest BCUT2D eigenvalue weighted by molar-refractivity contribution is 0.0601. The predicted octanol–water partition coefficient (Wildman–Crippen LogP) is 3.93. The van der Waals surface area contributed by atoms with Gasteiger partial charge < -0.3 is 9.30 Å². The summed E-state index contributed by atoms with van der Waals surface area (Å²) in [5.74, 6) is -0.324. The summed E-state index contributed by atoms with van der Waals surface area (Å²) in [7, 11) is 1.39. The third-order valence-corrected chi connectivity index (χ3v) is 3.36. The molecule has 0 aliphatic rings. The van der Waals surface area contributed by atoms with Gasteiger partial charge in [-0.05, 0) is 42.0 Å². The van der Waals surface area contributed by atoms with Crippen molar-refractivity contribution in [2.75, 3.05) is 7.11 Å². The zero-order valence-electron chi connectivity index (χ0n) is 11.7. The van der Waals surface area contributed by atoms with E-state index in [2.05, 4.69) is 4.57 Å². The maximum Gasteiger partial charge on any atom is 0.337 e. The minimum absolute atomic E-state index is 0.324. The molecule has 104 valence electrons. The molecule has 1 heterocycles. The largest absolute Gasteiger partial charge is 0.465 e. The first-order valence-electron chi connectivity index (χ1n) is 6.71. The summed E-state index contributed by atoms with van der Waals surface area (Å²) in [6.07, 6.45) is 2.01. The van der Waals surface area contributed by atoms with Gasteiger partial charge in [0.05, 0.1) is 18.4 Å². The number of hydrogen-bond acceptors (Lipinski definition) is 2. The predicted molar refractivity (Wildman–Crippen MR) is 82.5 cm³/mol. The van der Waals surface area contributed by atoms with E-state index in [0.717, 1.165) is 16.9 Å². The van der Waals surface area contributed by atoms with E-state index in [1.807, 2.05) is 66.9 Å². The molecule has 3 rings (SSSR count). The highest BCUT2D eigenvalue weighted by Gasteiger charge is 2.09. The second kappa shape index (κ2) is 5.67. The Balaban J connectivity index is 2.07. The molecule has 3 heteroatoms. The molecule has 0 bridgehead atoms. The van der Waals surface area contributed by atoms with Gasteiger partial charge in [0.1, 0.15) is 0 Å². The van der Waals surface area contributed by atoms with E-state index in [1.165, 1.54) is 7.11 Å². The van der Waals surface area contributed by atoms with Gasteiger partial charge in [-0.1, -0.05) is 30.3 Å². The van der Waals surface area contributed by atoms with Crippen LogP contribution in [0.5, 0.6) is 0 Å². The fourth-order valence-electron chi connectivity index (χ4n) is 2.35. The summed E-state index contributed by atoms with van der Waals surface area (Å²) in [4.78, 5) is 11.7. The molecule has 0 aliphatic carbocycles. The average Bonchev–Trinajstić information content (AvgIpc) is 3.04. The lowest BCUT2D eigenvalue weighted by Gasteiger charge is -2.10. The van der Waals surface area contributed by atoms with Gasteiger partial charge in [0.2, 0.25) is 0 Å². The molecule has 0 saturated heterocycles. The van der Waals surface area contributed by atoms with Gasteiger partial charge in [-0.15, -0.1) is 0 Å². The topological polar surface area (TPSA) is 31.2 Å². The van der Waals surface area contributed by atoms with Crippen LogP contribution < -0.4 is 0 Å². The van der Waals surface area contributed by atoms with Crippen molar-refractivity contribution >= 4 is 5.97 Å². The summed E-state index contributed by atoms with van der Waals surface area (Å²) in [5.41, 5.74) is 3.65. The Kier molecular flexibility index (Phi) is 3.56. The van der Waals surface area contributed by atoms with Gasteiger partial charge in [0.25, 0.3) is 0 Å². The Bertz CT molecular complexity index is 760. The second-order valence-corrected chi connectivity index (χ2v) is 4.67. The number of carbonyl (C=O) groups excluding carboxylic acids is 1. The van der Waals surface area contributed by atoms with Gasteiger partial charge >= 0.3 is 5.97 Å². The maximum atomic E-state index is 11.7. The molecular weight excluding hydrogens is 262 g/mol. The number of methoxy groups -OCH3 is 1.